The Morgan fingerprint density at radius 1 is 0.833 bits per heavy atom. The van der Waals surface area contributed by atoms with Crippen LogP contribution in [0, 0.1) is 0 Å². The van der Waals surface area contributed by atoms with Gasteiger partial charge in [0.2, 0.25) is 0 Å². The molecule has 0 spiro atoms. The molecule has 6 N–H and O–H groups in total. The van der Waals surface area contributed by atoms with Gasteiger partial charge in [0, 0.05) is 24.4 Å². The first kappa shape index (κ1) is 31.3. The van der Waals surface area contributed by atoms with Gasteiger partial charge in [0.1, 0.15) is 11.2 Å². The highest BCUT2D eigenvalue weighted by Crippen LogP contribution is 2.09. The highest BCUT2D eigenvalue weighted by molar-refractivity contribution is 7.98. The molecule has 8 nitrogen and oxygen atoms in total. The van der Waals surface area contributed by atoms with Gasteiger partial charge < -0.3 is 31.6 Å². The minimum Gasteiger partial charge on any atom is -0.444 e. The molecule has 0 radical (unpaired) electrons. The van der Waals surface area contributed by atoms with Crippen LogP contribution in [-0.4, -0.2) is 72.6 Å². The normalized spacial score (nSPS) is 13.4. The number of hydrogen-bond acceptors (Lipinski definition) is 8. The third-order valence-corrected chi connectivity index (χ3v) is 4.66. The molecule has 0 fully saturated rings. The van der Waals surface area contributed by atoms with Crippen LogP contribution in [-0.2, 0) is 9.47 Å². The van der Waals surface area contributed by atoms with Gasteiger partial charge in [-0.25, -0.2) is 9.59 Å². The van der Waals surface area contributed by atoms with E-state index in [9.17, 15) is 9.59 Å². The molecule has 0 aliphatic rings. The Balaban J connectivity index is 0. The molecule has 30 heavy (non-hydrogen) atoms. The van der Waals surface area contributed by atoms with Gasteiger partial charge in [0.15, 0.2) is 0 Å². The van der Waals surface area contributed by atoms with Crippen LogP contribution in [0.1, 0.15) is 54.4 Å². The van der Waals surface area contributed by atoms with Gasteiger partial charge >= 0.3 is 12.2 Å². The maximum absolute atomic E-state index is 11.4. The zero-order valence-electron chi connectivity index (χ0n) is 20.0. The van der Waals surface area contributed by atoms with Crippen LogP contribution >= 0.6 is 23.5 Å². The standard InChI is InChI=1S/2C10H22N2O2S/c1-10(2,3)14-9(13)12-8(7-11)5-6-15-4;1-10(2,3)14-9(13)12-8(5-6-11)7-15-4/h2*8H,5-7,11H2,1-4H3,(H,12,13)/t2*8-/m11/s1. The number of ether oxygens (including phenoxy) is 2. The van der Waals surface area contributed by atoms with E-state index in [1.807, 2.05) is 54.1 Å². The largest absolute Gasteiger partial charge is 0.444 e. The topological polar surface area (TPSA) is 129 Å². The van der Waals surface area contributed by atoms with Crippen LogP contribution in [0.2, 0.25) is 0 Å². The van der Waals surface area contributed by atoms with Gasteiger partial charge in [-0.1, -0.05) is 0 Å². The quantitative estimate of drug-likeness (QED) is 0.385. The highest BCUT2D eigenvalue weighted by Gasteiger charge is 2.19. The Morgan fingerprint density at radius 3 is 1.63 bits per heavy atom. The van der Waals surface area contributed by atoms with E-state index in [2.05, 4.69) is 10.6 Å². The minimum atomic E-state index is -0.456. The summed E-state index contributed by atoms with van der Waals surface area (Å²) in [4.78, 5) is 22.8. The zero-order valence-corrected chi connectivity index (χ0v) is 21.6. The van der Waals surface area contributed by atoms with Crippen molar-refractivity contribution in [3.63, 3.8) is 0 Å². The second kappa shape index (κ2) is 16.8. The van der Waals surface area contributed by atoms with Gasteiger partial charge in [-0.3, -0.25) is 0 Å². The lowest BCUT2D eigenvalue weighted by Crippen LogP contribution is -2.43. The maximum Gasteiger partial charge on any atom is 0.407 e. The van der Waals surface area contributed by atoms with Crippen molar-refractivity contribution in [2.24, 2.45) is 11.5 Å². The molecule has 0 heterocycles. The Labute approximate surface area is 191 Å². The summed E-state index contributed by atoms with van der Waals surface area (Å²) >= 11 is 3.42. The fourth-order valence-electron chi connectivity index (χ4n) is 2.06. The number of hydrogen-bond donors (Lipinski definition) is 4. The predicted molar refractivity (Wildman–Crippen MR) is 130 cm³/mol. The highest BCUT2D eigenvalue weighted by atomic mass is 32.2. The molecule has 0 rings (SSSR count). The molecular weight excluding hydrogens is 424 g/mol. The van der Waals surface area contributed by atoms with E-state index in [1.54, 1.807) is 23.5 Å². The minimum absolute atomic E-state index is 0.00676. The Kier molecular flexibility index (Phi) is 17.6. The summed E-state index contributed by atoms with van der Waals surface area (Å²) < 4.78 is 10.3. The first-order chi connectivity index (χ1) is 13.8. The van der Waals surface area contributed by atoms with Crippen LogP contribution in [0.3, 0.4) is 0 Å². The molecule has 0 saturated heterocycles. The molecule has 0 saturated carbocycles. The fourth-order valence-corrected chi connectivity index (χ4v) is 3.23. The summed E-state index contributed by atoms with van der Waals surface area (Å²) in [6, 6.07) is 0.104. The number of carbonyl (C=O) groups excluding carboxylic acids is 2. The summed E-state index contributed by atoms with van der Waals surface area (Å²) in [5.74, 6) is 1.84. The fraction of sp³-hybridized carbons (Fsp3) is 0.900. The van der Waals surface area contributed by atoms with Gasteiger partial charge in [0.25, 0.3) is 0 Å². The second-order valence-electron chi connectivity index (χ2n) is 8.74. The number of nitrogens with two attached hydrogens (primary N) is 2. The van der Waals surface area contributed by atoms with Gasteiger partial charge in [0.05, 0.1) is 0 Å². The van der Waals surface area contributed by atoms with Crippen molar-refractivity contribution in [3.05, 3.63) is 0 Å². The molecule has 10 heteroatoms. The van der Waals surface area contributed by atoms with Crippen molar-refractivity contribution >= 4 is 35.7 Å². The summed E-state index contributed by atoms with van der Waals surface area (Å²) in [5, 5.41) is 5.57. The predicted octanol–water partition coefficient (Wildman–Crippen LogP) is 3.18. The van der Waals surface area contributed by atoms with Gasteiger partial charge in [-0.15, -0.1) is 0 Å². The lowest BCUT2D eigenvalue weighted by molar-refractivity contribution is 0.0494. The third-order valence-electron chi connectivity index (χ3n) is 3.28. The van der Waals surface area contributed by atoms with Crippen LogP contribution in [0.5, 0.6) is 0 Å². The number of carbonyl (C=O) groups is 2. The molecule has 0 aromatic heterocycles. The Morgan fingerprint density at radius 2 is 1.30 bits per heavy atom. The van der Waals surface area contributed by atoms with Crippen LogP contribution in [0.15, 0.2) is 0 Å². The zero-order chi connectivity index (χ0) is 23.8. The van der Waals surface area contributed by atoms with Crippen molar-refractivity contribution in [2.75, 3.05) is 37.1 Å². The molecule has 0 unspecified atom stereocenters. The van der Waals surface area contributed by atoms with E-state index in [1.165, 1.54) is 0 Å². The van der Waals surface area contributed by atoms with Crippen LogP contribution in [0.25, 0.3) is 0 Å². The van der Waals surface area contributed by atoms with E-state index in [0.717, 1.165) is 24.3 Å². The third kappa shape index (κ3) is 21.9. The first-order valence-electron chi connectivity index (χ1n) is 10.1. The SMILES string of the molecule is CSCC[C@H](CN)NC(=O)OC(C)(C)C.CSC[C@@H](CCN)NC(=O)OC(C)(C)C. The summed E-state index contributed by atoms with van der Waals surface area (Å²) in [6.45, 7) is 12.1. The van der Waals surface area contributed by atoms with Crippen molar-refractivity contribution in [1.82, 2.24) is 10.6 Å². The molecule has 2 amide bonds. The number of thioether (sulfide) groups is 2. The second-order valence-corrected chi connectivity index (χ2v) is 10.6. The molecule has 0 aliphatic carbocycles. The number of nitrogens with one attached hydrogen (secondary N) is 2. The van der Waals surface area contributed by atoms with Crippen molar-refractivity contribution in [1.29, 1.82) is 0 Å². The molecule has 0 aliphatic heterocycles. The van der Waals surface area contributed by atoms with Crippen LogP contribution in [0.4, 0.5) is 9.59 Å². The number of alkyl carbamates (subject to hydrolysis) is 2. The van der Waals surface area contributed by atoms with Crippen molar-refractivity contribution in [3.8, 4) is 0 Å². The number of amides is 2. The average Bonchev–Trinajstić information content (AvgIpc) is 2.56. The lowest BCUT2D eigenvalue weighted by Gasteiger charge is -2.23. The monoisotopic (exact) mass is 468 g/mol. The van der Waals surface area contributed by atoms with Crippen molar-refractivity contribution in [2.45, 2.75) is 77.7 Å². The smallest absolute Gasteiger partial charge is 0.407 e. The molecular formula is C20H44N4O4S2. The average molecular weight is 469 g/mol. The van der Waals surface area contributed by atoms with E-state index in [0.29, 0.717) is 13.1 Å². The Hall–Kier alpha value is -0.840. The molecule has 0 aromatic rings. The molecule has 0 aromatic carbocycles. The first-order valence-corrected chi connectivity index (χ1v) is 12.9. The van der Waals surface area contributed by atoms with E-state index in [4.69, 9.17) is 20.9 Å². The van der Waals surface area contributed by atoms with Crippen LogP contribution < -0.4 is 22.1 Å². The molecule has 0 bridgehead atoms. The van der Waals surface area contributed by atoms with Gasteiger partial charge in [-0.2, -0.15) is 23.5 Å². The Bertz CT molecular complexity index is 463. The van der Waals surface area contributed by atoms with E-state index < -0.39 is 11.2 Å². The molecule has 180 valence electrons. The van der Waals surface area contributed by atoms with E-state index >= 15 is 0 Å². The van der Waals surface area contributed by atoms with Crippen molar-refractivity contribution < 1.29 is 19.1 Å². The van der Waals surface area contributed by atoms with E-state index in [-0.39, 0.29) is 24.3 Å². The summed E-state index contributed by atoms with van der Waals surface area (Å²) in [7, 11) is 0. The number of rotatable bonds is 10. The lowest BCUT2D eigenvalue weighted by atomic mass is 10.2. The molecule has 2 atom stereocenters. The summed E-state index contributed by atoms with van der Waals surface area (Å²) in [5.41, 5.74) is 10.1. The summed E-state index contributed by atoms with van der Waals surface area (Å²) in [6.07, 6.45) is 4.92. The van der Waals surface area contributed by atoms with Gasteiger partial charge in [-0.05, 0) is 79.2 Å². The maximum atomic E-state index is 11.4.